The Balaban J connectivity index is 1.44. The van der Waals surface area contributed by atoms with Crippen LogP contribution >= 0.6 is 23.1 Å². The monoisotopic (exact) mass is 448 g/mol. The summed E-state index contributed by atoms with van der Waals surface area (Å²) in [4.78, 5) is 3.82. The Morgan fingerprint density at radius 3 is 2.89 bits per heavy atom. The molecule has 3 rings (SSSR count). The van der Waals surface area contributed by atoms with E-state index in [2.05, 4.69) is 30.0 Å². The van der Waals surface area contributed by atoms with Gasteiger partial charge in [-0.15, -0.1) is 0 Å². The predicted molar refractivity (Wildman–Crippen MR) is 110 cm³/mol. The average molecular weight is 449 g/mol. The minimum Gasteiger partial charge on any atom is -0.390 e. The van der Waals surface area contributed by atoms with Crippen LogP contribution in [0.3, 0.4) is 0 Å². The standard InChI is InChI=1S/C16H22ClFN6O2S2/c17-10-5-15(28(26)24-16-22-9-23-27-16)11(18)6-12(10)20-3-1-2-4-21-13-7-19-8-14(13)25/h5-6,9,13-14,19-21,25H,1-4,7-8H2,(H,22,23,24)/t13-,14+,28?/m1/s1. The van der Waals surface area contributed by atoms with Crippen molar-refractivity contribution in [1.82, 2.24) is 20.0 Å². The van der Waals surface area contributed by atoms with Crippen LogP contribution in [0, 0.1) is 5.82 Å². The minimum absolute atomic E-state index is 0.0429. The van der Waals surface area contributed by atoms with E-state index >= 15 is 0 Å². The molecule has 1 fully saturated rings. The van der Waals surface area contributed by atoms with Crippen molar-refractivity contribution in [2.24, 2.45) is 0 Å². The summed E-state index contributed by atoms with van der Waals surface area (Å²) in [5, 5.41) is 19.9. The first kappa shape index (κ1) is 21.3. The first-order valence-corrected chi connectivity index (χ1v) is 11.1. The molecule has 0 bridgehead atoms. The molecule has 8 nitrogen and oxygen atoms in total. The molecule has 2 heterocycles. The first-order chi connectivity index (χ1) is 13.5. The zero-order valence-corrected chi connectivity index (χ0v) is 17.3. The molecule has 1 unspecified atom stereocenters. The Bertz CT molecular complexity index is 798. The predicted octanol–water partition coefficient (Wildman–Crippen LogP) is 1.58. The van der Waals surface area contributed by atoms with E-state index in [4.69, 9.17) is 11.6 Å². The van der Waals surface area contributed by atoms with Crippen molar-refractivity contribution in [3.8, 4) is 0 Å². The fourth-order valence-corrected chi connectivity index (χ4v) is 4.53. The summed E-state index contributed by atoms with van der Waals surface area (Å²) < 4.78 is 33.0. The maximum absolute atomic E-state index is 14.3. The Hall–Kier alpha value is -1.37. The van der Waals surface area contributed by atoms with Gasteiger partial charge in [0.2, 0.25) is 5.13 Å². The smallest absolute Gasteiger partial charge is 0.214 e. The summed E-state index contributed by atoms with van der Waals surface area (Å²) in [7, 11) is -1.82. The topological polar surface area (TPSA) is 111 Å². The summed E-state index contributed by atoms with van der Waals surface area (Å²) in [6, 6.07) is 2.69. The van der Waals surface area contributed by atoms with Crippen molar-refractivity contribution in [3.63, 3.8) is 0 Å². The summed E-state index contributed by atoms with van der Waals surface area (Å²) in [5.74, 6) is -0.619. The van der Waals surface area contributed by atoms with Gasteiger partial charge in [-0.05, 0) is 31.5 Å². The highest BCUT2D eigenvalue weighted by atomic mass is 35.5. The number of anilines is 2. The van der Waals surface area contributed by atoms with Crippen molar-refractivity contribution in [2.75, 3.05) is 36.2 Å². The zero-order chi connectivity index (χ0) is 19.9. The molecule has 0 saturated carbocycles. The number of hydrogen-bond donors (Lipinski definition) is 5. The number of nitrogens with one attached hydrogen (secondary N) is 4. The number of hydrogen-bond acceptors (Lipinski definition) is 8. The fraction of sp³-hybridized carbons (Fsp3) is 0.500. The van der Waals surface area contributed by atoms with Crippen LogP contribution < -0.4 is 20.7 Å². The van der Waals surface area contributed by atoms with Gasteiger partial charge in [0.25, 0.3) is 0 Å². The third kappa shape index (κ3) is 5.82. The molecule has 0 spiro atoms. The van der Waals surface area contributed by atoms with Gasteiger partial charge in [-0.2, -0.15) is 4.37 Å². The number of β-amino-alcohol motifs (C(OH)–C–C–N with tert-alkyl or cyclic N) is 1. The molecular formula is C16H22ClFN6O2S2. The van der Waals surface area contributed by atoms with Crippen LogP contribution in [0.1, 0.15) is 12.8 Å². The van der Waals surface area contributed by atoms with Gasteiger partial charge in [0.1, 0.15) is 12.1 Å². The Labute approximate surface area is 174 Å². The number of aliphatic hydroxyl groups is 1. The van der Waals surface area contributed by atoms with Gasteiger partial charge >= 0.3 is 0 Å². The highest BCUT2D eigenvalue weighted by Gasteiger charge is 2.23. The van der Waals surface area contributed by atoms with E-state index in [0.29, 0.717) is 28.9 Å². The van der Waals surface area contributed by atoms with E-state index in [9.17, 15) is 13.7 Å². The highest BCUT2D eigenvalue weighted by Crippen LogP contribution is 2.28. The second-order valence-corrected chi connectivity index (χ2v) is 8.67. The summed E-state index contributed by atoms with van der Waals surface area (Å²) in [5.41, 5.74) is 0.458. The van der Waals surface area contributed by atoms with Gasteiger partial charge in [0, 0.05) is 37.2 Å². The van der Waals surface area contributed by atoms with Crippen molar-refractivity contribution in [2.45, 2.75) is 29.9 Å². The van der Waals surface area contributed by atoms with Crippen LogP contribution in [0.5, 0.6) is 0 Å². The van der Waals surface area contributed by atoms with Crippen molar-refractivity contribution in [3.05, 3.63) is 29.3 Å². The number of unbranched alkanes of at least 4 members (excludes halogenated alkanes) is 1. The molecule has 5 N–H and O–H groups in total. The quantitative estimate of drug-likeness (QED) is 0.351. The number of aromatic nitrogens is 2. The maximum atomic E-state index is 14.3. The molecule has 3 atom stereocenters. The molecule has 0 aliphatic carbocycles. The largest absolute Gasteiger partial charge is 0.390 e. The molecule has 0 amide bonds. The molecule has 1 aromatic carbocycles. The van der Waals surface area contributed by atoms with Gasteiger partial charge in [-0.1, -0.05) is 11.6 Å². The highest BCUT2D eigenvalue weighted by molar-refractivity contribution is 7.86. The zero-order valence-electron chi connectivity index (χ0n) is 15.0. The summed E-state index contributed by atoms with van der Waals surface area (Å²) in [6.45, 7) is 2.82. The SMILES string of the molecule is O=S(Nc1ncns1)c1cc(Cl)c(NCCCCN[C@@H]2CNC[C@@H]2O)cc1F. The third-order valence-corrected chi connectivity index (χ3v) is 6.38. The molecule has 154 valence electrons. The van der Waals surface area contributed by atoms with Crippen molar-refractivity contribution in [1.29, 1.82) is 0 Å². The maximum Gasteiger partial charge on any atom is 0.214 e. The lowest BCUT2D eigenvalue weighted by Gasteiger charge is -2.15. The number of nitrogens with zero attached hydrogens (tertiary/aromatic N) is 2. The number of halogens is 2. The molecular weight excluding hydrogens is 427 g/mol. The molecule has 1 aliphatic heterocycles. The van der Waals surface area contributed by atoms with E-state index in [0.717, 1.165) is 37.5 Å². The molecule has 1 aromatic heterocycles. The third-order valence-electron chi connectivity index (χ3n) is 4.27. The average Bonchev–Trinajstić information content (AvgIpc) is 3.32. The Morgan fingerprint density at radius 1 is 1.36 bits per heavy atom. The molecule has 1 saturated heterocycles. The molecule has 0 radical (unpaired) electrons. The Kier molecular flexibility index (Phi) is 7.94. The van der Waals surface area contributed by atoms with Crippen LogP contribution in [0.15, 0.2) is 23.4 Å². The second kappa shape index (κ2) is 10.4. The van der Waals surface area contributed by atoms with E-state index in [1.807, 2.05) is 0 Å². The lowest BCUT2D eigenvalue weighted by Crippen LogP contribution is -2.39. The van der Waals surface area contributed by atoms with Crippen molar-refractivity contribution >= 4 is 44.9 Å². The van der Waals surface area contributed by atoms with Crippen LogP contribution in [-0.2, 0) is 11.0 Å². The molecule has 1 aliphatic rings. The normalized spacial score (nSPS) is 20.2. The van der Waals surface area contributed by atoms with E-state index in [1.165, 1.54) is 18.5 Å². The van der Waals surface area contributed by atoms with Gasteiger partial charge in [0.15, 0.2) is 11.0 Å². The number of benzene rings is 1. The summed E-state index contributed by atoms with van der Waals surface area (Å²) in [6.07, 6.45) is 2.74. The van der Waals surface area contributed by atoms with Crippen LogP contribution in [0.4, 0.5) is 15.2 Å². The van der Waals surface area contributed by atoms with Gasteiger partial charge < -0.3 is 21.1 Å². The van der Waals surface area contributed by atoms with E-state index in [1.54, 1.807) is 0 Å². The first-order valence-electron chi connectivity index (χ1n) is 8.85. The second-order valence-electron chi connectivity index (χ2n) is 6.30. The van der Waals surface area contributed by atoms with Gasteiger partial charge in [-0.25, -0.2) is 13.6 Å². The lowest BCUT2D eigenvalue weighted by atomic mass is 10.2. The fourth-order valence-electron chi connectivity index (χ4n) is 2.79. The number of aliphatic hydroxyl groups excluding tert-OH is 1. The van der Waals surface area contributed by atoms with Crippen LogP contribution in [0.25, 0.3) is 0 Å². The van der Waals surface area contributed by atoms with Gasteiger partial charge in [0.05, 0.1) is 21.7 Å². The van der Waals surface area contributed by atoms with Crippen LogP contribution in [-0.4, -0.2) is 57.0 Å². The summed E-state index contributed by atoms with van der Waals surface area (Å²) >= 11 is 7.23. The van der Waals surface area contributed by atoms with E-state index in [-0.39, 0.29) is 17.0 Å². The van der Waals surface area contributed by atoms with Crippen LogP contribution in [0.2, 0.25) is 5.02 Å². The molecule has 2 aromatic rings. The lowest BCUT2D eigenvalue weighted by molar-refractivity contribution is 0.163. The van der Waals surface area contributed by atoms with E-state index < -0.39 is 16.8 Å². The van der Waals surface area contributed by atoms with Crippen molar-refractivity contribution < 1.29 is 13.7 Å². The number of rotatable bonds is 10. The Morgan fingerprint density at radius 2 is 2.18 bits per heavy atom. The van der Waals surface area contributed by atoms with Gasteiger partial charge in [-0.3, -0.25) is 4.72 Å². The molecule has 12 heteroatoms. The minimum atomic E-state index is -1.82. The molecule has 28 heavy (non-hydrogen) atoms.